The van der Waals surface area contributed by atoms with E-state index in [1.807, 2.05) is 0 Å². The van der Waals surface area contributed by atoms with Crippen LogP contribution in [-0.2, 0) is 16.1 Å². The summed E-state index contributed by atoms with van der Waals surface area (Å²) in [4.78, 5) is 27.3. The standard InChI is InChI=1S/C24H21NO6/c1-2-30-19-13-16(10-11-18(19)26)21-20(22(27)15-7-4-3-5-8-15)23(28)24(29)25(21)14-17-9-6-12-31-17/h3-13,21,26-27H,2,14H2,1H3/t21-/m0/s1. The summed E-state index contributed by atoms with van der Waals surface area (Å²) in [6.45, 7) is 2.15. The Morgan fingerprint density at radius 3 is 2.55 bits per heavy atom. The lowest BCUT2D eigenvalue weighted by Crippen LogP contribution is -2.29. The van der Waals surface area contributed by atoms with Crippen molar-refractivity contribution in [2.75, 3.05) is 6.61 Å². The van der Waals surface area contributed by atoms with Crippen molar-refractivity contribution in [2.24, 2.45) is 0 Å². The molecule has 0 saturated carbocycles. The third-order valence-electron chi connectivity index (χ3n) is 5.09. The van der Waals surface area contributed by atoms with Crippen LogP contribution in [0.5, 0.6) is 11.5 Å². The number of furan rings is 1. The van der Waals surface area contributed by atoms with Crippen LogP contribution in [0.3, 0.4) is 0 Å². The summed E-state index contributed by atoms with van der Waals surface area (Å²) in [5.41, 5.74) is 0.910. The predicted octanol–water partition coefficient (Wildman–Crippen LogP) is 4.01. The van der Waals surface area contributed by atoms with Crippen LogP contribution < -0.4 is 4.74 Å². The monoisotopic (exact) mass is 419 g/mol. The molecule has 4 rings (SSSR count). The fraction of sp³-hybridized carbons (Fsp3) is 0.167. The molecule has 1 amide bonds. The summed E-state index contributed by atoms with van der Waals surface area (Å²) >= 11 is 0. The van der Waals surface area contributed by atoms with Crippen molar-refractivity contribution >= 4 is 17.4 Å². The van der Waals surface area contributed by atoms with Crippen molar-refractivity contribution < 1.29 is 29.0 Å². The molecule has 31 heavy (non-hydrogen) atoms. The third kappa shape index (κ3) is 3.77. The van der Waals surface area contributed by atoms with E-state index >= 15 is 0 Å². The first-order valence-electron chi connectivity index (χ1n) is 9.83. The van der Waals surface area contributed by atoms with Gasteiger partial charge in [0.2, 0.25) is 0 Å². The Bertz CT molecular complexity index is 1130. The lowest BCUT2D eigenvalue weighted by molar-refractivity contribution is -0.140. The highest BCUT2D eigenvalue weighted by Gasteiger charge is 2.46. The zero-order valence-electron chi connectivity index (χ0n) is 16.8. The Balaban J connectivity index is 1.88. The molecule has 1 aliphatic rings. The van der Waals surface area contributed by atoms with Crippen LogP contribution in [0.1, 0.15) is 29.9 Å². The van der Waals surface area contributed by atoms with Crippen molar-refractivity contribution in [3.05, 3.63) is 89.4 Å². The van der Waals surface area contributed by atoms with E-state index in [0.717, 1.165) is 0 Å². The number of aromatic hydroxyl groups is 1. The predicted molar refractivity (Wildman–Crippen MR) is 112 cm³/mol. The second-order valence-corrected chi connectivity index (χ2v) is 7.03. The van der Waals surface area contributed by atoms with Crippen LogP contribution in [0.4, 0.5) is 0 Å². The minimum atomic E-state index is -0.884. The number of rotatable bonds is 6. The number of carbonyl (C=O) groups is 2. The fourth-order valence-corrected chi connectivity index (χ4v) is 3.68. The second-order valence-electron chi connectivity index (χ2n) is 7.03. The van der Waals surface area contributed by atoms with Crippen LogP contribution in [0.2, 0.25) is 0 Å². The number of benzene rings is 2. The maximum absolute atomic E-state index is 13.0. The highest BCUT2D eigenvalue weighted by atomic mass is 16.5. The number of hydrogen-bond donors (Lipinski definition) is 2. The molecule has 0 spiro atoms. The number of phenols is 1. The molecule has 2 N–H and O–H groups in total. The van der Waals surface area contributed by atoms with Crippen molar-refractivity contribution in [1.29, 1.82) is 0 Å². The molecule has 0 unspecified atom stereocenters. The maximum atomic E-state index is 13.0. The van der Waals surface area contributed by atoms with E-state index in [-0.39, 0.29) is 29.4 Å². The number of likely N-dealkylation sites (tertiary alicyclic amines) is 1. The number of aliphatic hydroxyl groups is 1. The minimum Gasteiger partial charge on any atom is -0.507 e. The SMILES string of the molecule is CCOc1cc([C@H]2C(=C(O)c3ccccc3)C(=O)C(=O)N2Cc2ccco2)ccc1O. The van der Waals surface area contributed by atoms with Gasteiger partial charge in [-0.3, -0.25) is 9.59 Å². The number of ketones is 1. The molecule has 2 heterocycles. The van der Waals surface area contributed by atoms with Gasteiger partial charge in [0.15, 0.2) is 11.5 Å². The summed E-state index contributed by atoms with van der Waals surface area (Å²) in [5, 5.41) is 21.1. The van der Waals surface area contributed by atoms with Crippen LogP contribution in [-0.4, -0.2) is 33.4 Å². The van der Waals surface area contributed by atoms with E-state index in [1.54, 1.807) is 61.5 Å². The highest BCUT2D eigenvalue weighted by Crippen LogP contribution is 2.42. The van der Waals surface area contributed by atoms with Crippen molar-refractivity contribution in [2.45, 2.75) is 19.5 Å². The van der Waals surface area contributed by atoms with Gasteiger partial charge in [-0.05, 0) is 36.8 Å². The van der Waals surface area contributed by atoms with Gasteiger partial charge in [0.05, 0.1) is 31.0 Å². The Labute approximate surface area is 178 Å². The van der Waals surface area contributed by atoms with Crippen molar-refractivity contribution in [3.8, 4) is 11.5 Å². The van der Waals surface area contributed by atoms with E-state index in [0.29, 0.717) is 23.5 Å². The normalized spacial score (nSPS) is 17.8. The molecule has 3 aromatic rings. The van der Waals surface area contributed by atoms with Crippen LogP contribution in [0, 0.1) is 0 Å². The Morgan fingerprint density at radius 2 is 1.87 bits per heavy atom. The summed E-state index contributed by atoms with van der Waals surface area (Å²) in [6.07, 6.45) is 1.48. The van der Waals surface area contributed by atoms with E-state index in [1.165, 1.54) is 17.2 Å². The quantitative estimate of drug-likeness (QED) is 0.356. The summed E-state index contributed by atoms with van der Waals surface area (Å²) < 4.78 is 10.9. The van der Waals surface area contributed by atoms with Gasteiger partial charge in [-0.15, -0.1) is 0 Å². The molecule has 0 bridgehead atoms. The van der Waals surface area contributed by atoms with Gasteiger partial charge in [0.1, 0.15) is 11.5 Å². The largest absolute Gasteiger partial charge is 0.507 e. The topological polar surface area (TPSA) is 100 Å². The molecule has 1 aliphatic heterocycles. The smallest absolute Gasteiger partial charge is 0.296 e. The Hall–Kier alpha value is -4.00. The number of Topliss-reactive ketones (excluding diaryl/α,β-unsaturated/α-hetero) is 1. The molecular weight excluding hydrogens is 398 g/mol. The van der Waals surface area contributed by atoms with Gasteiger partial charge in [0.25, 0.3) is 11.7 Å². The van der Waals surface area contributed by atoms with Crippen LogP contribution >= 0.6 is 0 Å². The molecule has 2 aromatic carbocycles. The van der Waals surface area contributed by atoms with Gasteiger partial charge < -0.3 is 24.3 Å². The summed E-state index contributed by atoms with van der Waals surface area (Å²) in [7, 11) is 0. The first-order chi connectivity index (χ1) is 15.0. The number of phenolic OH excluding ortho intramolecular Hbond substituents is 1. The minimum absolute atomic E-state index is 0.0316. The van der Waals surface area contributed by atoms with E-state index < -0.39 is 17.7 Å². The lowest BCUT2D eigenvalue weighted by Gasteiger charge is -2.25. The lowest BCUT2D eigenvalue weighted by atomic mass is 9.95. The average Bonchev–Trinajstić information content (AvgIpc) is 3.38. The number of hydrogen-bond acceptors (Lipinski definition) is 6. The van der Waals surface area contributed by atoms with Gasteiger partial charge in [-0.2, -0.15) is 0 Å². The molecule has 158 valence electrons. The third-order valence-corrected chi connectivity index (χ3v) is 5.09. The Kier molecular flexibility index (Phi) is 5.49. The number of aliphatic hydroxyl groups excluding tert-OH is 1. The van der Waals surface area contributed by atoms with E-state index in [9.17, 15) is 19.8 Å². The summed E-state index contributed by atoms with van der Waals surface area (Å²) in [6, 6.07) is 15.7. The van der Waals surface area contributed by atoms with Crippen LogP contribution in [0.15, 0.2) is 76.9 Å². The van der Waals surface area contributed by atoms with E-state index in [4.69, 9.17) is 9.15 Å². The molecule has 1 aromatic heterocycles. The van der Waals surface area contributed by atoms with Crippen molar-refractivity contribution in [1.82, 2.24) is 4.90 Å². The number of ether oxygens (including phenoxy) is 1. The van der Waals surface area contributed by atoms with Crippen LogP contribution in [0.25, 0.3) is 5.76 Å². The molecule has 1 fully saturated rings. The molecule has 1 atom stereocenters. The Morgan fingerprint density at radius 1 is 1.10 bits per heavy atom. The molecular formula is C24H21NO6. The molecule has 1 saturated heterocycles. The molecule has 7 heteroatoms. The molecule has 0 aliphatic carbocycles. The summed E-state index contributed by atoms with van der Waals surface area (Å²) in [5.74, 6) is -1.14. The average molecular weight is 419 g/mol. The van der Waals surface area contributed by atoms with Gasteiger partial charge in [-0.25, -0.2) is 0 Å². The maximum Gasteiger partial charge on any atom is 0.296 e. The number of amides is 1. The molecule has 0 radical (unpaired) electrons. The number of nitrogens with zero attached hydrogens (tertiary/aromatic N) is 1. The second kappa shape index (κ2) is 8.39. The first kappa shape index (κ1) is 20.3. The van der Waals surface area contributed by atoms with Gasteiger partial charge >= 0.3 is 0 Å². The van der Waals surface area contributed by atoms with Crippen molar-refractivity contribution in [3.63, 3.8) is 0 Å². The number of carbonyl (C=O) groups excluding carboxylic acids is 2. The highest BCUT2D eigenvalue weighted by molar-refractivity contribution is 6.46. The zero-order chi connectivity index (χ0) is 22.0. The zero-order valence-corrected chi connectivity index (χ0v) is 16.8. The first-order valence-corrected chi connectivity index (χ1v) is 9.83. The van der Waals surface area contributed by atoms with Gasteiger partial charge in [0, 0.05) is 5.56 Å². The van der Waals surface area contributed by atoms with E-state index in [2.05, 4.69) is 0 Å². The molecule has 7 nitrogen and oxygen atoms in total. The van der Waals surface area contributed by atoms with Gasteiger partial charge in [-0.1, -0.05) is 36.4 Å². The fourth-order valence-electron chi connectivity index (χ4n) is 3.68.